The van der Waals surface area contributed by atoms with Gasteiger partial charge in [0.15, 0.2) is 6.10 Å². The number of sulfonamides is 1. The molecular formula is C32H33ClFN5O5S. The van der Waals surface area contributed by atoms with Crippen molar-refractivity contribution in [2.75, 3.05) is 36.8 Å². The summed E-state index contributed by atoms with van der Waals surface area (Å²) in [5.41, 5.74) is 3.31. The number of halogens is 2. The zero-order valence-corrected chi connectivity index (χ0v) is 26.9. The van der Waals surface area contributed by atoms with E-state index in [-0.39, 0.29) is 33.5 Å². The normalized spacial score (nSPS) is 17.2. The first-order valence-electron chi connectivity index (χ1n) is 14.6. The van der Waals surface area contributed by atoms with E-state index in [1.807, 2.05) is 13.0 Å². The van der Waals surface area contributed by atoms with Crippen LogP contribution in [0.3, 0.4) is 0 Å². The number of aryl methyl sites for hydroxylation is 1. The average molecular weight is 654 g/mol. The largest absolute Gasteiger partial charge is 0.487 e. The van der Waals surface area contributed by atoms with Gasteiger partial charge < -0.3 is 19.7 Å². The van der Waals surface area contributed by atoms with E-state index in [1.54, 1.807) is 19.2 Å². The Bertz CT molecular complexity index is 1930. The Labute approximate surface area is 266 Å². The highest BCUT2D eigenvalue weighted by Gasteiger charge is 2.34. The van der Waals surface area contributed by atoms with E-state index in [0.29, 0.717) is 28.7 Å². The second-order valence-electron chi connectivity index (χ2n) is 11.6. The van der Waals surface area contributed by atoms with Gasteiger partial charge in [-0.3, -0.25) is 9.52 Å². The standard InChI is InChI=1S/C32H33ClFN5O5S/c1-17-11-20(12-21-15-35-32(37-30(17)21)36-23-7-9-39(4)10-8-23)29-18(2)26(6-5-25(29)34)38-45(41,42)28-14-22(33)13-24-27(44-19(3)40)16-43-31(24)28/h5-6,11-15,23,27,38H,7-10,16H2,1-4H3,(H,35,36,37)/t27-/m0/s1. The van der Waals surface area contributed by atoms with Crippen molar-refractivity contribution in [3.05, 3.63) is 70.1 Å². The summed E-state index contributed by atoms with van der Waals surface area (Å²) in [6.07, 6.45) is 2.95. The molecule has 1 fully saturated rings. The molecular weight excluding hydrogens is 621 g/mol. The van der Waals surface area contributed by atoms with Gasteiger partial charge in [-0.1, -0.05) is 11.6 Å². The molecule has 6 rings (SSSR count). The number of anilines is 2. The number of likely N-dealkylation sites (tertiary alicyclic amines) is 1. The Morgan fingerprint density at radius 1 is 1.16 bits per heavy atom. The van der Waals surface area contributed by atoms with E-state index in [4.69, 9.17) is 26.1 Å². The number of ether oxygens (including phenoxy) is 2. The number of hydrogen-bond acceptors (Lipinski definition) is 9. The summed E-state index contributed by atoms with van der Waals surface area (Å²) in [7, 11) is -2.15. The smallest absolute Gasteiger partial charge is 0.303 e. The SMILES string of the molecule is CC(=O)O[C@H]1COc2c1cc(Cl)cc2S(=O)(=O)Nc1ccc(F)c(-c2cc(C)c3nc(NC4CCN(C)CC4)ncc3c2)c1C. The van der Waals surface area contributed by atoms with Crippen molar-refractivity contribution in [1.29, 1.82) is 0 Å². The van der Waals surface area contributed by atoms with Gasteiger partial charge >= 0.3 is 5.97 Å². The van der Waals surface area contributed by atoms with Crippen molar-refractivity contribution in [1.82, 2.24) is 14.9 Å². The van der Waals surface area contributed by atoms with E-state index in [9.17, 15) is 13.2 Å². The fraction of sp³-hybridized carbons (Fsp3) is 0.344. The number of benzene rings is 3. The van der Waals surface area contributed by atoms with Crippen LogP contribution >= 0.6 is 11.6 Å². The summed E-state index contributed by atoms with van der Waals surface area (Å²) in [5.74, 6) is -0.434. The third-order valence-electron chi connectivity index (χ3n) is 8.24. The lowest BCUT2D eigenvalue weighted by atomic mass is 9.95. The minimum absolute atomic E-state index is 0.0434. The predicted molar refractivity (Wildman–Crippen MR) is 171 cm³/mol. The molecule has 13 heteroatoms. The molecule has 2 aliphatic rings. The van der Waals surface area contributed by atoms with Gasteiger partial charge in [0.2, 0.25) is 5.95 Å². The van der Waals surface area contributed by atoms with E-state index in [1.165, 1.54) is 31.2 Å². The van der Waals surface area contributed by atoms with Gasteiger partial charge in [0, 0.05) is 40.7 Å². The molecule has 10 nitrogen and oxygen atoms in total. The third kappa shape index (κ3) is 6.27. The van der Waals surface area contributed by atoms with Crippen molar-refractivity contribution in [3.63, 3.8) is 0 Å². The molecule has 45 heavy (non-hydrogen) atoms. The number of hydrogen-bond donors (Lipinski definition) is 2. The Morgan fingerprint density at radius 3 is 2.64 bits per heavy atom. The number of nitrogens with zero attached hydrogens (tertiary/aromatic N) is 3. The molecule has 0 aliphatic carbocycles. The number of fused-ring (bicyclic) bond motifs is 2. The first-order chi connectivity index (χ1) is 21.4. The second kappa shape index (κ2) is 12.1. The van der Waals surface area contributed by atoms with E-state index < -0.39 is 27.9 Å². The molecule has 3 heterocycles. The topological polar surface area (TPSA) is 123 Å². The van der Waals surface area contributed by atoms with Crippen LogP contribution in [-0.4, -0.2) is 62.0 Å². The number of aromatic nitrogens is 2. The first-order valence-corrected chi connectivity index (χ1v) is 16.4. The predicted octanol–water partition coefficient (Wildman–Crippen LogP) is 6.01. The number of rotatable bonds is 7. The molecule has 0 spiro atoms. The van der Waals surface area contributed by atoms with Crippen LogP contribution in [0.5, 0.6) is 5.75 Å². The van der Waals surface area contributed by atoms with Crippen LogP contribution < -0.4 is 14.8 Å². The molecule has 0 unspecified atom stereocenters. The molecule has 0 radical (unpaired) electrons. The van der Waals surface area contributed by atoms with E-state index in [2.05, 4.69) is 27.0 Å². The Hall–Kier alpha value is -4.00. The maximum atomic E-state index is 15.4. The van der Waals surface area contributed by atoms with Gasteiger partial charge in [0.1, 0.15) is 23.1 Å². The number of esters is 1. The second-order valence-corrected chi connectivity index (χ2v) is 13.7. The molecule has 0 saturated carbocycles. The van der Waals surface area contributed by atoms with Crippen molar-refractivity contribution >= 4 is 50.1 Å². The monoisotopic (exact) mass is 653 g/mol. The van der Waals surface area contributed by atoms with E-state index in [0.717, 1.165) is 42.4 Å². The van der Waals surface area contributed by atoms with Gasteiger partial charge in [-0.25, -0.2) is 22.8 Å². The average Bonchev–Trinajstić information content (AvgIpc) is 3.37. The summed E-state index contributed by atoms with van der Waals surface area (Å²) in [6, 6.07) is 9.32. The molecule has 4 aromatic rings. The summed E-state index contributed by atoms with van der Waals surface area (Å²) >= 11 is 6.27. The number of carbonyl (C=O) groups excluding carboxylic acids is 1. The molecule has 0 bridgehead atoms. The van der Waals surface area contributed by atoms with Gasteiger partial charge in [-0.05, 0) is 99.9 Å². The summed E-state index contributed by atoms with van der Waals surface area (Å²) in [6.45, 7) is 6.79. The highest BCUT2D eigenvalue weighted by Crippen LogP contribution is 2.43. The number of nitrogens with one attached hydrogen (secondary N) is 2. The van der Waals surface area contributed by atoms with Crippen LogP contribution in [0.25, 0.3) is 22.0 Å². The molecule has 1 aromatic heterocycles. The lowest BCUT2D eigenvalue weighted by Gasteiger charge is -2.29. The van der Waals surface area contributed by atoms with Crippen molar-refractivity contribution in [3.8, 4) is 16.9 Å². The fourth-order valence-corrected chi connectivity index (χ4v) is 7.56. The van der Waals surface area contributed by atoms with Crippen LogP contribution in [0.4, 0.5) is 16.0 Å². The Balaban J connectivity index is 1.31. The third-order valence-corrected chi connectivity index (χ3v) is 9.83. The zero-order chi connectivity index (χ0) is 32.0. The summed E-state index contributed by atoms with van der Waals surface area (Å²) < 4.78 is 56.3. The number of carbonyl (C=O) groups is 1. The Kier molecular flexibility index (Phi) is 8.31. The van der Waals surface area contributed by atoms with Crippen LogP contribution in [-0.2, 0) is 19.6 Å². The maximum Gasteiger partial charge on any atom is 0.303 e. The number of piperidine rings is 1. The maximum absolute atomic E-state index is 15.4. The Morgan fingerprint density at radius 2 is 1.91 bits per heavy atom. The molecule has 236 valence electrons. The van der Waals surface area contributed by atoms with Gasteiger partial charge in [0.25, 0.3) is 10.0 Å². The quantitative estimate of drug-likeness (QED) is 0.231. The van der Waals surface area contributed by atoms with Crippen molar-refractivity contribution in [2.45, 2.75) is 50.7 Å². The van der Waals surface area contributed by atoms with Crippen molar-refractivity contribution < 1.29 is 27.1 Å². The molecule has 3 aromatic carbocycles. The fourth-order valence-electron chi connectivity index (χ4n) is 5.94. The molecule has 1 saturated heterocycles. The van der Waals surface area contributed by atoms with Crippen molar-refractivity contribution in [2.24, 2.45) is 0 Å². The molecule has 0 amide bonds. The molecule has 2 N–H and O–H groups in total. The minimum Gasteiger partial charge on any atom is -0.487 e. The van der Waals surface area contributed by atoms with Gasteiger partial charge in [0.05, 0.1) is 11.2 Å². The lowest BCUT2D eigenvalue weighted by molar-refractivity contribution is -0.147. The van der Waals surface area contributed by atoms with Crippen LogP contribution in [0.1, 0.15) is 42.6 Å². The highest BCUT2D eigenvalue weighted by atomic mass is 35.5. The van der Waals surface area contributed by atoms with Crippen LogP contribution in [0.15, 0.2) is 47.5 Å². The molecule has 2 aliphatic heterocycles. The zero-order valence-electron chi connectivity index (χ0n) is 25.3. The highest BCUT2D eigenvalue weighted by molar-refractivity contribution is 7.92. The summed E-state index contributed by atoms with van der Waals surface area (Å²) in [4.78, 5) is 22.9. The lowest BCUT2D eigenvalue weighted by Crippen LogP contribution is -2.37. The van der Waals surface area contributed by atoms with E-state index >= 15 is 4.39 Å². The van der Waals surface area contributed by atoms with Crippen LogP contribution in [0, 0.1) is 19.7 Å². The van der Waals surface area contributed by atoms with Crippen LogP contribution in [0.2, 0.25) is 5.02 Å². The first kappa shape index (κ1) is 31.0. The van der Waals surface area contributed by atoms with Gasteiger partial charge in [-0.2, -0.15) is 0 Å². The molecule has 1 atom stereocenters. The van der Waals surface area contributed by atoms with Gasteiger partial charge in [-0.15, -0.1) is 0 Å². The summed E-state index contributed by atoms with van der Waals surface area (Å²) in [5, 5.41) is 4.31. The minimum atomic E-state index is -4.26.